The maximum atomic E-state index is 4.19. The minimum atomic E-state index is 0.918. The zero-order valence-corrected chi connectivity index (χ0v) is 6.23. The highest BCUT2D eigenvalue weighted by Gasteiger charge is 1.92. The van der Waals surface area contributed by atoms with Crippen molar-refractivity contribution in [3.8, 4) is 0 Å². The van der Waals surface area contributed by atoms with E-state index in [2.05, 4.69) is 23.7 Å². The zero-order chi connectivity index (χ0) is 6.97. The van der Waals surface area contributed by atoms with E-state index in [1.54, 1.807) is 0 Å². The summed E-state index contributed by atoms with van der Waals surface area (Å²) in [6.07, 6.45) is 0. The lowest BCUT2D eigenvalue weighted by Crippen LogP contribution is -1.63. The third kappa shape index (κ3) is 0.809. The molecule has 0 saturated carbocycles. The third-order valence-electron chi connectivity index (χ3n) is 1.52. The first-order chi connectivity index (χ1) is 4.86. The molecule has 0 saturated heterocycles. The van der Waals surface area contributed by atoms with Crippen LogP contribution in [-0.2, 0) is 0 Å². The Morgan fingerprint density at radius 2 is 2.00 bits per heavy atom. The number of rotatable bonds is 0. The van der Waals surface area contributed by atoms with Gasteiger partial charge in [-0.05, 0) is 12.1 Å². The van der Waals surface area contributed by atoms with E-state index in [0.29, 0.717) is 0 Å². The van der Waals surface area contributed by atoms with Gasteiger partial charge in [0.05, 0.1) is 5.03 Å². The van der Waals surface area contributed by atoms with Crippen LogP contribution in [0.1, 0.15) is 0 Å². The lowest BCUT2D eigenvalue weighted by Gasteiger charge is -1.83. The summed E-state index contributed by atoms with van der Waals surface area (Å²) in [5, 5.41) is 2.13. The van der Waals surface area contributed by atoms with Gasteiger partial charge in [0.15, 0.2) is 0 Å². The molecule has 50 valence electrons. The highest BCUT2D eigenvalue weighted by Crippen LogP contribution is 2.16. The lowest BCUT2D eigenvalue weighted by atomic mass is 10.3. The topological polar surface area (TPSA) is 15.8 Å². The van der Waals surface area contributed by atoms with Crippen LogP contribution < -0.4 is 0 Å². The number of benzene rings is 1. The van der Waals surface area contributed by atoms with E-state index in [0.717, 1.165) is 10.5 Å². The molecule has 0 aliphatic carbocycles. The van der Waals surface area contributed by atoms with E-state index >= 15 is 0 Å². The van der Waals surface area contributed by atoms with E-state index in [-0.39, 0.29) is 0 Å². The van der Waals surface area contributed by atoms with Crippen LogP contribution in [0.2, 0.25) is 0 Å². The van der Waals surface area contributed by atoms with Crippen molar-refractivity contribution in [3.05, 3.63) is 30.3 Å². The van der Waals surface area contributed by atoms with Crippen LogP contribution in [0.4, 0.5) is 0 Å². The van der Waals surface area contributed by atoms with Crippen LogP contribution >= 0.6 is 12.6 Å². The molecule has 2 aromatic rings. The Hall–Kier alpha value is -0.890. The van der Waals surface area contributed by atoms with Crippen LogP contribution in [0.5, 0.6) is 0 Å². The standard InChI is InChI=1S/C8H7NS/c10-8-5-6-3-1-2-4-7(6)9-8/h1-5,9-10H. The summed E-state index contributed by atoms with van der Waals surface area (Å²) in [7, 11) is 0. The molecule has 1 nitrogen and oxygen atoms in total. The Labute approximate surface area is 64.5 Å². The largest absolute Gasteiger partial charge is 0.350 e. The van der Waals surface area contributed by atoms with E-state index < -0.39 is 0 Å². The molecule has 0 aliphatic heterocycles. The van der Waals surface area contributed by atoms with Crippen molar-refractivity contribution in [2.45, 2.75) is 5.03 Å². The van der Waals surface area contributed by atoms with Gasteiger partial charge in [-0.2, -0.15) is 0 Å². The summed E-state index contributed by atoms with van der Waals surface area (Å²) in [5.41, 5.74) is 1.15. The number of fused-ring (bicyclic) bond motifs is 1. The van der Waals surface area contributed by atoms with Crippen molar-refractivity contribution in [1.82, 2.24) is 4.98 Å². The van der Waals surface area contributed by atoms with Crippen LogP contribution in [0, 0.1) is 0 Å². The fourth-order valence-corrected chi connectivity index (χ4v) is 1.32. The first-order valence-electron chi connectivity index (χ1n) is 3.13. The van der Waals surface area contributed by atoms with Gasteiger partial charge in [-0.3, -0.25) is 0 Å². The molecule has 0 atom stereocenters. The van der Waals surface area contributed by atoms with E-state index in [4.69, 9.17) is 0 Å². The Kier molecular flexibility index (Phi) is 1.21. The third-order valence-corrected chi connectivity index (χ3v) is 1.76. The molecule has 2 heteroatoms. The molecule has 0 unspecified atom stereocenters. The molecular formula is C8H7NS. The second-order valence-electron chi connectivity index (χ2n) is 2.24. The van der Waals surface area contributed by atoms with Gasteiger partial charge in [-0.1, -0.05) is 18.2 Å². The quantitative estimate of drug-likeness (QED) is 0.535. The van der Waals surface area contributed by atoms with Crippen molar-refractivity contribution < 1.29 is 0 Å². The van der Waals surface area contributed by atoms with Crippen LogP contribution in [0.25, 0.3) is 10.9 Å². The fourth-order valence-electron chi connectivity index (χ4n) is 1.06. The molecule has 0 radical (unpaired) electrons. The Morgan fingerprint density at radius 3 is 2.80 bits per heavy atom. The van der Waals surface area contributed by atoms with Gasteiger partial charge in [0.1, 0.15) is 0 Å². The first-order valence-corrected chi connectivity index (χ1v) is 3.58. The van der Waals surface area contributed by atoms with Crippen LogP contribution in [0.15, 0.2) is 35.4 Å². The average Bonchev–Trinajstić information content (AvgIpc) is 2.27. The van der Waals surface area contributed by atoms with Crippen molar-refractivity contribution in [1.29, 1.82) is 0 Å². The smallest absolute Gasteiger partial charge is 0.0701 e. The summed E-state index contributed by atoms with van der Waals surface area (Å²) in [5.74, 6) is 0. The molecule has 0 fully saturated rings. The minimum absolute atomic E-state index is 0.918. The second-order valence-corrected chi connectivity index (χ2v) is 2.72. The van der Waals surface area contributed by atoms with Gasteiger partial charge in [0.25, 0.3) is 0 Å². The zero-order valence-electron chi connectivity index (χ0n) is 5.33. The molecule has 0 amide bonds. The molecule has 0 spiro atoms. The summed E-state index contributed by atoms with van der Waals surface area (Å²) < 4.78 is 0. The van der Waals surface area contributed by atoms with Gasteiger partial charge in [-0.25, -0.2) is 0 Å². The molecule has 0 aliphatic rings. The number of aromatic amines is 1. The van der Waals surface area contributed by atoms with Crippen molar-refractivity contribution in [2.75, 3.05) is 0 Å². The summed E-state index contributed by atoms with van der Waals surface area (Å²) in [6.45, 7) is 0. The average molecular weight is 149 g/mol. The molecule has 1 aromatic heterocycles. The van der Waals surface area contributed by atoms with E-state index in [1.165, 1.54) is 5.39 Å². The molecule has 10 heavy (non-hydrogen) atoms. The maximum absolute atomic E-state index is 4.19. The number of para-hydroxylation sites is 1. The van der Waals surface area contributed by atoms with Crippen molar-refractivity contribution in [3.63, 3.8) is 0 Å². The normalized spacial score (nSPS) is 10.5. The summed E-state index contributed by atoms with van der Waals surface area (Å²) >= 11 is 4.19. The summed E-state index contributed by atoms with van der Waals surface area (Å²) in [4.78, 5) is 3.12. The minimum Gasteiger partial charge on any atom is -0.350 e. The van der Waals surface area contributed by atoms with Gasteiger partial charge in [-0.15, -0.1) is 12.6 Å². The summed E-state index contributed by atoms with van der Waals surface area (Å²) in [6, 6.07) is 10.1. The molecule has 2 rings (SSSR count). The Balaban J connectivity index is 2.88. The highest BCUT2D eigenvalue weighted by atomic mass is 32.1. The number of thiol groups is 1. The number of H-pyrrole nitrogens is 1. The van der Waals surface area contributed by atoms with Crippen LogP contribution in [-0.4, -0.2) is 4.98 Å². The fraction of sp³-hybridized carbons (Fsp3) is 0. The predicted octanol–water partition coefficient (Wildman–Crippen LogP) is 2.46. The molecular weight excluding hydrogens is 142 g/mol. The Bertz CT molecular complexity index is 318. The number of aromatic nitrogens is 1. The number of nitrogens with one attached hydrogen (secondary N) is 1. The van der Waals surface area contributed by atoms with Gasteiger partial charge < -0.3 is 4.98 Å². The van der Waals surface area contributed by atoms with Gasteiger partial charge in [0.2, 0.25) is 0 Å². The monoisotopic (exact) mass is 149 g/mol. The maximum Gasteiger partial charge on any atom is 0.0701 e. The highest BCUT2D eigenvalue weighted by molar-refractivity contribution is 7.80. The van der Waals surface area contributed by atoms with E-state index in [1.807, 2.05) is 24.3 Å². The van der Waals surface area contributed by atoms with Gasteiger partial charge in [0, 0.05) is 10.9 Å². The lowest BCUT2D eigenvalue weighted by molar-refractivity contribution is 1.25. The van der Waals surface area contributed by atoms with E-state index in [9.17, 15) is 0 Å². The van der Waals surface area contributed by atoms with Crippen LogP contribution in [0.3, 0.4) is 0 Å². The van der Waals surface area contributed by atoms with Crippen molar-refractivity contribution in [2.24, 2.45) is 0 Å². The molecule has 1 aromatic carbocycles. The van der Waals surface area contributed by atoms with Gasteiger partial charge >= 0.3 is 0 Å². The SMILES string of the molecule is Sc1cc2ccccc2[nH]1. The number of hydrogen-bond donors (Lipinski definition) is 2. The molecule has 0 bridgehead atoms. The molecule has 1 N–H and O–H groups in total. The molecule has 1 heterocycles. The number of hydrogen-bond acceptors (Lipinski definition) is 1. The van der Waals surface area contributed by atoms with Crippen molar-refractivity contribution >= 4 is 23.5 Å². The second kappa shape index (κ2) is 2.06. The first kappa shape index (κ1) is 5.86. The predicted molar refractivity (Wildman–Crippen MR) is 45.6 cm³/mol. The Morgan fingerprint density at radius 1 is 1.20 bits per heavy atom.